The molecule has 0 bridgehead atoms. The fourth-order valence-electron chi connectivity index (χ4n) is 0.894. The molecule has 10 heteroatoms. The fourth-order valence-corrected chi connectivity index (χ4v) is 0.894. The van der Waals surface area contributed by atoms with Gasteiger partial charge in [0, 0.05) is 43.4 Å². The molecule has 0 fully saturated rings. The first kappa shape index (κ1) is 64.8. The Bertz CT molecular complexity index is 125. The first-order valence-corrected chi connectivity index (χ1v) is 11.8. The third kappa shape index (κ3) is 411. The maximum atomic E-state index is 3.97. The molecule has 0 aromatic rings. The molecular formula is C24H64N8Ti2-8. The Hall–Kier alpha value is 1.11. The molecule has 0 saturated carbocycles. The molecule has 8 nitrogen and oxygen atoms in total. The number of hydrogen-bond donors (Lipinski definition) is 0. The van der Waals surface area contributed by atoms with Crippen LogP contribution in [0.4, 0.5) is 0 Å². The van der Waals surface area contributed by atoms with E-state index in [1.54, 1.807) is 56.4 Å². The Kier molecular flexibility index (Phi) is 243. The van der Waals surface area contributed by atoms with Crippen LogP contribution in [0.5, 0.6) is 0 Å². The van der Waals surface area contributed by atoms with Crippen LogP contribution in [0.2, 0.25) is 0 Å². The summed E-state index contributed by atoms with van der Waals surface area (Å²) >= 11 is 0. The molecule has 0 aliphatic rings. The van der Waals surface area contributed by atoms with Crippen molar-refractivity contribution in [2.75, 3.05) is 109 Å². The second-order valence-corrected chi connectivity index (χ2v) is 5.21. The Morgan fingerprint density at radius 2 is 0.324 bits per heavy atom. The van der Waals surface area contributed by atoms with Gasteiger partial charge in [-0.05, 0) is 0 Å². The van der Waals surface area contributed by atoms with Gasteiger partial charge in [0.15, 0.2) is 0 Å². The summed E-state index contributed by atoms with van der Waals surface area (Å²) in [6.45, 7) is 24.1. The van der Waals surface area contributed by atoms with Crippen molar-refractivity contribution in [3.8, 4) is 0 Å². The van der Waals surface area contributed by atoms with Gasteiger partial charge in [-0.25, -0.2) is 0 Å². The molecule has 0 rings (SSSR count). The summed E-state index contributed by atoms with van der Waals surface area (Å²) in [4.78, 5) is 0. The van der Waals surface area contributed by atoms with Crippen molar-refractivity contribution in [2.24, 2.45) is 0 Å². The summed E-state index contributed by atoms with van der Waals surface area (Å²) in [5.41, 5.74) is 0. The van der Waals surface area contributed by atoms with Crippen LogP contribution in [0.1, 0.15) is 55.4 Å². The largest absolute Gasteiger partial charge is 0.668 e. The van der Waals surface area contributed by atoms with Crippen molar-refractivity contribution < 1.29 is 43.4 Å². The van der Waals surface area contributed by atoms with E-state index < -0.39 is 0 Å². The van der Waals surface area contributed by atoms with E-state index in [4.69, 9.17) is 0 Å². The third-order valence-corrected chi connectivity index (χ3v) is 1.79. The smallest absolute Gasteiger partial charge is 0 e. The maximum absolute atomic E-state index is 3.97. The summed E-state index contributed by atoms with van der Waals surface area (Å²) in [7, 11) is 14.0. The van der Waals surface area contributed by atoms with E-state index >= 15 is 0 Å². The summed E-state index contributed by atoms with van der Waals surface area (Å²) < 4.78 is 0. The quantitative estimate of drug-likeness (QED) is 0.267. The molecule has 0 aliphatic heterocycles. The van der Waals surface area contributed by atoms with Gasteiger partial charge in [-0.1, -0.05) is 55.4 Å². The van der Waals surface area contributed by atoms with Crippen molar-refractivity contribution in [3.63, 3.8) is 0 Å². The topological polar surface area (TPSA) is 113 Å². The zero-order valence-corrected chi connectivity index (χ0v) is 29.4. The number of hydrogen-bond acceptors (Lipinski definition) is 0. The molecule has 0 aromatic heterocycles. The summed E-state index contributed by atoms with van der Waals surface area (Å²) in [6, 6.07) is 0. The standard InChI is InChI=1S/4C4H10N.4C2H6N.2Ti/c4*1-3-5-4-2;4*1-3-2;;/h4*3-4H2,1-2H3;4*1-2H3;;/q8*-1;;. The van der Waals surface area contributed by atoms with Gasteiger partial charge in [0.25, 0.3) is 0 Å². The Labute approximate surface area is 249 Å². The van der Waals surface area contributed by atoms with Gasteiger partial charge in [0.2, 0.25) is 0 Å². The third-order valence-electron chi connectivity index (χ3n) is 1.79. The predicted molar refractivity (Wildman–Crippen MR) is 159 cm³/mol. The molecule has 0 N–H and O–H groups in total. The average molecular weight is 561 g/mol. The van der Waals surface area contributed by atoms with E-state index in [-0.39, 0.29) is 43.4 Å². The van der Waals surface area contributed by atoms with Gasteiger partial charge in [-0.3, -0.25) is 0 Å². The predicted octanol–water partition coefficient (Wildman–Crippen LogP) is 8.07. The maximum Gasteiger partial charge on any atom is 0 e. The minimum Gasteiger partial charge on any atom is -0.668 e. The Morgan fingerprint density at radius 1 is 0.265 bits per heavy atom. The second kappa shape index (κ2) is 128. The molecule has 0 unspecified atom stereocenters. The summed E-state index contributed by atoms with van der Waals surface area (Å²) in [5, 5.41) is 29.9. The van der Waals surface area contributed by atoms with Crippen molar-refractivity contribution >= 4 is 0 Å². The molecule has 0 amide bonds. The van der Waals surface area contributed by atoms with Crippen LogP contribution in [0.15, 0.2) is 0 Å². The summed E-state index contributed by atoms with van der Waals surface area (Å²) in [6.07, 6.45) is 0. The van der Waals surface area contributed by atoms with Crippen LogP contribution in [0.3, 0.4) is 0 Å². The zero-order chi connectivity index (χ0) is 27.3. The van der Waals surface area contributed by atoms with E-state index in [0.29, 0.717) is 0 Å². The molecular weight excluding hydrogens is 496 g/mol. The van der Waals surface area contributed by atoms with E-state index in [0.717, 1.165) is 52.4 Å². The molecule has 0 aliphatic carbocycles. The average Bonchev–Trinajstić information content (AvgIpc) is 2.74. The van der Waals surface area contributed by atoms with Crippen LogP contribution in [-0.2, 0) is 43.4 Å². The van der Waals surface area contributed by atoms with Crippen molar-refractivity contribution in [1.29, 1.82) is 0 Å². The second-order valence-electron chi connectivity index (χ2n) is 5.21. The van der Waals surface area contributed by atoms with Crippen LogP contribution in [-0.4, -0.2) is 109 Å². The number of nitrogens with zero attached hydrogens (tertiary/aromatic N) is 8. The normalized spacial score (nSPS) is 7.06. The molecule has 0 radical (unpaired) electrons. The van der Waals surface area contributed by atoms with Crippen LogP contribution in [0, 0.1) is 0 Å². The minimum absolute atomic E-state index is 0. The van der Waals surface area contributed by atoms with Crippen LogP contribution >= 0.6 is 0 Å². The van der Waals surface area contributed by atoms with E-state index in [2.05, 4.69) is 42.5 Å². The first-order chi connectivity index (χ1) is 15.3. The Balaban J connectivity index is -0.0000000243. The Morgan fingerprint density at radius 3 is 0.324 bits per heavy atom. The number of rotatable bonds is 8. The van der Waals surface area contributed by atoms with Gasteiger partial charge in [0.05, 0.1) is 0 Å². The molecule has 216 valence electrons. The zero-order valence-electron chi connectivity index (χ0n) is 26.2. The van der Waals surface area contributed by atoms with Gasteiger partial charge < -0.3 is 42.5 Å². The molecule has 0 spiro atoms. The monoisotopic (exact) mass is 560 g/mol. The van der Waals surface area contributed by atoms with Crippen molar-refractivity contribution in [3.05, 3.63) is 42.5 Å². The van der Waals surface area contributed by atoms with Gasteiger partial charge in [-0.15, -0.1) is 0 Å². The molecule has 0 aromatic carbocycles. The van der Waals surface area contributed by atoms with Gasteiger partial charge >= 0.3 is 0 Å². The van der Waals surface area contributed by atoms with Gasteiger partial charge in [0.1, 0.15) is 0 Å². The van der Waals surface area contributed by atoms with Crippen molar-refractivity contribution in [2.45, 2.75) is 55.4 Å². The van der Waals surface area contributed by atoms with Crippen LogP contribution in [0.25, 0.3) is 42.5 Å². The molecule has 0 heterocycles. The minimum atomic E-state index is 0. The van der Waals surface area contributed by atoms with Gasteiger partial charge in [-0.2, -0.15) is 109 Å². The van der Waals surface area contributed by atoms with Crippen LogP contribution < -0.4 is 0 Å². The first-order valence-electron chi connectivity index (χ1n) is 11.8. The molecule has 0 atom stereocenters. The molecule has 0 saturated heterocycles. The molecule has 34 heavy (non-hydrogen) atoms. The van der Waals surface area contributed by atoms with E-state index in [9.17, 15) is 0 Å². The van der Waals surface area contributed by atoms with Crippen molar-refractivity contribution in [1.82, 2.24) is 0 Å². The fraction of sp³-hybridized carbons (Fsp3) is 1.00. The van der Waals surface area contributed by atoms with E-state index in [1.165, 1.54) is 0 Å². The SMILES string of the molecule is CC[N-]CC.CC[N-]CC.CC[N-]CC.CC[N-]CC.C[N-]C.C[N-]C.C[N-]C.C[N-]C.[Ti].[Ti]. The van der Waals surface area contributed by atoms with E-state index in [1.807, 2.05) is 55.4 Å². The summed E-state index contributed by atoms with van der Waals surface area (Å²) in [5.74, 6) is 0.